The highest BCUT2D eigenvalue weighted by Gasteiger charge is 2.17. The standard InChI is InChI=1S/C21H46NO4P/c1-5-7-9-11-12-13-14-16-18-22(3,4)19-21-26-27(23,24)25-20-17-15-10-8-6-2/h5-21H2,1-4H3. The molecule has 0 rings (SSSR count). The number of rotatable bonds is 20. The quantitative estimate of drug-likeness (QED) is 0.148. The lowest BCUT2D eigenvalue weighted by Crippen LogP contribution is -2.43. The van der Waals surface area contributed by atoms with E-state index in [9.17, 15) is 9.46 Å². The molecule has 0 spiro atoms. The third kappa shape index (κ3) is 19.2. The normalized spacial score (nSPS) is 14.4. The van der Waals surface area contributed by atoms with Gasteiger partial charge < -0.3 is 18.4 Å². The number of phosphoric ester groups is 1. The van der Waals surface area contributed by atoms with Gasteiger partial charge in [0.2, 0.25) is 0 Å². The van der Waals surface area contributed by atoms with Gasteiger partial charge in [-0.2, -0.15) is 0 Å². The summed E-state index contributed by atoms with van der Waals surface area (Å²) in [5, 5.41) is 0. The second-order valence-electron chi connectivity index (χ2n) is 8.39. The van der Waals surface area contributed by atoms with Crippen LogP contribution in [0.25, 0.3) is 0 Å². The average molecular weight is 408 g/mol. The van der Waals surface area contributed by atoms with E-state index < -0.39 is 7.82 Å². The minimum absolute atomic E-state index is 0.195. The molecule has 164 valence electrons. The lowest BCUT2D eigenvalue weighted by Gasteiger charge is -2.31. The Morgan fingerprint density at radius 2 is 1.11 bits per heavy atom. The molecule has 0 amide bonds. The van der Waals surface area contributed by atoms with Crippen molar-refractivity contribution in [1.82, 2.24) is 0 Å². The first-order valence-electron chi connectivity index (χ1n) is 11.2. The largest absolute Gasteiger partial charge is 0.756 e. The van der Waals surface area contributed by atoms with Crippen LogP contribution in [0.15, 0.2) is 0 Å². The van der Waals surface area contributed by atoms with Crippen LogP contribution in [0.3, 0.4) is 0 Å². The zero-order chi connectivity index (χ0) is 20.4. The summed E-state index contributed by atoms with van der Waals surface area (Å²) in [6, 6.07) is 0. The molecule has 27 heavy (non-hydrogen) atoms. The molecule has 0 N–H and O–H groups in total. The molecule has 1 atom stereocenters. The average Bonchev–Trinajstić information content (AvgIpc) is 2.60. The van der Waals surface area contributed by atoms with Crippen molar-refractivity contribution >= 4 is 7.82 Å². The Hall–Kier alpha value is 0.0700. The van der Waals surface area contributed by atoms with Crippen molar-refractivity contribution in [2.45, 2.75) is 97.3 Å². The van der Waals surface area contributed by atoms with Gasteiger partial charge in [-0.15, -0.1) is 0 Å². The maximum absolute atomic E-state index is 11.8. The molecule has 5 nitrogen and oxygen atoms in total. The van der Waals surface area contributed by atoms with E-state index in [1.54, 1.807) is 0 Å². The van der Waals surface area contributed by atoms with Crippen LogP contribution in [0.2, 0.25) is 0 Å². The molecule has 0 radical (unpaired) electrons. The van der Waals surface area contributed by atoms with E-state index in [4.69, 9.17) is 9.05 Å². The van der Waals surface area contributed by atoms with E-state index in [2.05, 4.69) is 27.9 Å². The zero-order valence-corrected chi connectivity index (χ0v) is 19.4. The SMILES string of the molecule is CCCCCCCCCC[N+](C)(C)CCOP(=O)([O-])OCCCCCCC. The predicted octanol–water partition coefficient (Wildman–Crippen LogP) is 5.68. The molecule has 1 unspecified atom stereocenters. The smallest absolute Gasteiger partial charge is 0.268 e. The number of quaternary nitrogens is 1. The zero-order valence-electron chi connectivity index (χ0n) is 18.5. The van der Waals surface area contributed by atoms with Gasteiger partial charge in [-0.25, -0.2) is 0 Å². The van der Waals surface area contributed by atoms with Crippen LogP contribution in [0.5, 0.6) is 0 Å². The van der Waals surface area contributed by atoms with Crippen molar-refractivity contribution in [3.05, 3.63) is 0 Å². The van der Waals surface area contributed by atoms with Gasteiger partial charge in [0.1, 0.15) is 13.2 Å². The number of phosphoric acid groups is 1. The molecule has 0 saturated heterocycles. The van der Waals surface area contributed by atoms with Crippen LogP contribution in [0.1, 0.15) is 97.3 Å². The van der Waals surface area contributed by atoms with E-state index in [0.29, 0.717) is 6.54 Å². The van der Waals surface area contributed by atoms with E-state index in [-0.39, 0.29) is 13.2 Å². The molecule has 0 aliphatic carbocycles. The lowest BCUT2D eigenvalue weighted by atomic mass is 10.1. The Morgan fingerprint density at radius 3 is 1.67 bits per heavy atom. The van der Waals surface area contributed by atoms with Gasteiger partial charge in [0, 0.05) is 0 Å². The van der Waals surface area contributed by atoms with Gasteiger partial charge in [-0.1, -0.05) is 78.1 Å². The highest BCUT2D eigenvalue weighted by molar-refractivity contribution is 7.45. The fourth-order valence-electron chi connectivity index (χ4n) is 3.10. The third-order valence-corrected chi connectivity index (χ3v) is 6.06. The second-order valence-corrected chi connectivity index (χ2v) is 9.80. The Kier molecular flexibility index (Phi) is 17.0. The van der Waals surface area contributed by atoms with Crippen molar-refractivity contribution in [1.29, 1.82) is 0 Å². The molecule has 0 aromatic rings. The number of likely N-dealkylation sites (N-methyl/N-ethyl adjacent to an activating group) is 1. The highest BCUT2D eigenvalue weighted by atomic mass is 31.2. The van der Waals surface area contributed by atoms with Gasteiger partial charge in [0.05, 0.1) is 27.2 Å². The van der Waals surface area contributed by atoms with Crippen molar-refractivity contribution in [3.63, 3.8) is 0 Å². The molecule has 0 aromatic heterocycles. The van der Waals surface area contributed by atoms with Crippen LogP contribution in [0.4, 0.5) is 0 Å². The van der Waals surface area contributed by atoms with E-state index in [1.165, 1.54) is 64.2 Å². The molecular formula is C21H46NO4P. The van der Waals surface area contributed by atoms with Gasteiger partial charge in [0.15, 0.2) is 0 Å². The summed E-state index contributed by atoms with van der Waals surface area (Å²) < 4.78 is 22.6. The summed E-state index contributed by atoms with van der Waals surface area (Å²) in [7, 11) is 0.123. The minimum Gasteiger partial charge on any atom is -0.756 e. The monoisotopic (exact) mass is 407 g/mol. The maximum atomic E-state index is 11.8. The number of hydrogen-bond acceptors (Lipinski definition) is 4. The summed E-state index contributed by atoms with van der Waals surface area (Å²) in [6.45, 7) is 6.57. The lowest BCUT2D eigenvalue weighted by molar-refractivity contribution is -0.890. The molecule has 0 fully saturated rings. The van der Waals surface area contributed by atoms with Crippen LogP contribution in [-0.4, -0.2) is 44.9 Å². The van der Waals surface area contributed by atoms with Gasteiger partial charge in [-0.3, -0.25) is 4.57 Å². The van der Waals surface area contributed by atoms with Crippen LogP contribution in [-0.2, 0) is 13.6 Å². The Labute approximate surface area is 169 Å². The first kappa shape index (κ1) is 27.1. The van der Waals surface area contributed by atoms with Crippen molar-refractivity contribution in [2.75, 3.05) is 40.4 Å². The number of hydrogen-bond donors (Lipinski definition) is 0. The molecule has 0 bridgehead atoms. The molecule has 6 heteroatoms. The Bertz CT molecular complexity index is 377. The summed E-state index contributed by atoms with van der Waals surface area (Å²) in [6.07, 6.45) is 15.8. The third-order valence-electron chi connectivity index (χ3n) is 5.06. The highest BCUT2D eigenvalue weighted by Crippen LogP contribution is 2.38. The van der Waals surface area contributed by atoms with Crippen molar-refractivity contribution < 1.29 is 23.0 Å². The van der Waals surface area contributed by atoms with Crippen molar-refractivity contribution in [3.8, 4) is 0 Å². The predicted molar refractivity (Wildman–Crippen MR) is 113 cm³/mol. The Morgan fingerprint density at radius 1 is 0.667 bits per heavy atom. The fourth-order valence-corrected chi connectivity index (χ4v) is 3.84. The fraction of sp³-hybridized carbons (Fsp3) is 1.00. The summed E-state index contributed by atoms with van der Waals surface area (Å²) in [5.41, 5.74) is 0. The molecule has 0 aliphatic heterocycles. The molecule has 0 heterocycles. The first-order valence-corrected chi connectivity index (χ1v) is 12.7. The summed E-state index contributed by atoms with van der Waals surface area (Å²) in [5.74, 6) is 0. The molecule has 0 aliphatic rings. The Balaban J connectivity index is 3.69. The number of unbranched alkanes of at least 4 members (excludes halogenated alkanes) is 11. The van der Waals surface area contributed by atoms with Crippen LogP contribution < -0.4 is 4.89 Å². The summed E-state index contributed by atoms with van der Waals surface area (Å²) in [4.78, 5) is 11.8. The maximum Gasteiger partial charge on any atom is 0.268 e. The van der Waals surface area contributed by atoms with Gasteiger partial charge in [0.25, 0.3) is 7.82 Å². The molecule has 0 aromatic carbocycles. The van der Waals surface area contributed by atoms with E-state index in [1.807, 2.05) is 0 Å². The molecular weight excluding hydrogens is 361 g/mol. The van der Waals surface area contributed by atoms with Crippen LogP contribution in [0, 0.1) is 0 Å². The van der Waals surface area contributed by atoms with Crippen molar-refractivity contribution in [2.24, 2.45) is 0 Å². The first-order chi connectivity index (χ1) is 12.8. The van der Waals surface area contributed by atoms with Gasteiger partial charge in [-0.05, 0) is 19.3 Å². The second kappa shape index (κ2) is 17.0. The van der Waals surface area contributed by atoms with Gasteiger partial charge >= 0.3 is 0 Å². The van der Waals surface area contributed by atoms with E-state index >= 15 is 0 Å². The van der Waals surface area contributed by atoms with Crippen LogP contribution >= 0.6 is 7.82 Å². The summed E-state index contributed by atoms with van der Waals surface area (Å²) >= 11 is 0. The van der Waals surface area contributed by atoms with E-state index in [0.717, 1.165) is 30.3 Å². The number of nitrogens with zero attached hydrogens (tertiary/aromatic N) is 1. The minimum atomic E-state index is -4.14. The molecule has 0 saturated carbocycles. The topological polar surface area (TPSA) is 58.6 Å².